The van der Waals surface area contributed by atoms with Gasteiger partial charge in [-0.3, -0.25) is 0 Å². The summed E-state index contributed by atoms with van der Waals surface area (Å²) < 4.78 is 27.6. The van der Waals surface area contributed by atoms with Crippen LogP contribution in [0.3, 0.4) is 0 Å². The van der Waals surface area contributed by atoms with Crippen LogP contribution in [-0.4, -0.2) is 33.6 Å². The molecule has 0 fully saturated rings. The van der Waals surface area contributed by atoms with Crippen LogP contribution in [0.5, 0.6) is 5.75 Å². The molecule has 0 atom stereocenters. The predicted molar refractivity (Wildman–Crippen MR) is 69.1 cm³/mol. The molecule has 0 unspecified atom stereocenters. The van der Waals surface area contributed by atoms with E-state index in [9.17, 15) is 8.42 Å². The van der Waals surface area contributed by atoms with E-state index in [0.717, 1.165) is 23.3 Å². The molecule has 0 aromatic heterocycles. The Morgan fingerprint density at radius 3 is 2.65 bits per heavy atom. The van der Waals surface area contributed by atoms with Gasteiger partial charge in [-0.2, -0.15) is 0 Å². The summed E-state index contributed by atoms with van der Waals surface area (Å²) in [7, 11) is -2.98. The molecule has 0 radical (unpaired) electrons. The Balaban J connectivity index is 2.75. The minimum Gasteiger partial charge on any atom is -0.492 e. The van der Waals surface area contributed by atoms with Crippen LogP contribution in [0.2, 0.25) is 0 Å². The van der Waals surface area contributed by atoms with E-state index >= 15 is 0 Å². The zero-order valence-electron chi connectivity index (χ0n) is 10.3. The molecule has 0 aliphatic rings. The number of para-hydroxylation sites is 1. The standard InChI is InChI=1S/C12H19NO3S/c1-10-4-3-5-11(6-7-13)12(10)16-8-9-17(2,14)15/h3-5H,6-9,13H2,1-2H3. The summed E-state index contributed by atoms with van der Waals surface area (Å²) >= 11 is 0. The van der Waals surface area contributed by atoms with Gasteiger partial charge in [-0.15, -0.1) is 0 Å². The number of aryl methyl sites for hydroxylation is 1. The van der Waals surface area contributed by atoms with Gasteiger partial charge in [-0.1, -0.05) is 18.2 Å². The van der Waals surface area contributed by atoms with E-state index in [1.54, 1.807) is 0 Å². The highest BCUT2D eigenvalue weighted by Crippen LogP contribution is 2.23. The predicted octanol–water partition coefficient (Wildman–Crippen LogP) is 0.920. The number of rotatable bonds is 6. The molecule has 0 bridgehead atoms. The summed E-state index contributed by atoms with van der Waals surface area (Å²) in [5.74, 6) is 0.797. The van der Waals surface area contributed by atoms with Crippen LogP contribution in [0.1, 0.15) is 11.1 Å². The van der Waals surface area contributed by atoms with Crippen LogP contribution in [0.25, 0.3) is 0 Å². The molecule has 96 valence electrons. The summed E-state index contributed by atoms with van der Waals surface area (Å²) in [4.78, 5) is 0. The topological polar surface area (TPSA) is 69.4 Å². The van der Waals surface area contributed by atoms with Crippen LogP contribution in [-0.2, 0) is 16.3 Å². The van der Waals surface area contributed by atoms with Gasteiger partial charge in [-0.25, -0.2) is 8.42 Å². The molecule has 0 saturated carbocycles. The zero-order chi connectivity index (χ0) is 12.9. The number of hydrogen-bond donors (Lipinski definition) is 1. The smallest absolute Gasteiger partial charge is 0.150 e. The summed E-state index contributed by atoms with van der Waals surface area (Å²) in [6.45, 7) is 2.67. The zero-order valence-corrected chi connectivity index (χ0v) is 11.1. The highest BCUT2D eigenvalue weighted by atomic mass is 32.2. The van der Waals surface area contributed by atoms with Gasteiger partial charge >= 0.3 is 0 Å². The Kier molecular flexibility index (Phi) is 4.96. The molecule has 0 spiro atoms. The molecule has 0 aliphatic heterocycles. The molecular formula is C12H19NO3S. The number of hydrogen-bond acceptors (Lipinski definition) is 4. The van der Waals surface area contributed by atoms with E-state index in [2.05, 4.69) is 0 Å². The van der Waals surface area contributed by atoms with Gasteiger partial charge < -0.3 is 10.5 Å². The molecule has 0 heterocycles. The Morgan fingerprint density at radius 1 is 1.35 bits per heavy atom. The minimum absolute atomic E-state index is 0.0312. The maximum Gasteiger partial charge on any atom is 0.150 e. The summed E-state index contributed by atoms with van der Waals surface area (Å²) in [5, 5.41) is 0. The highest BCUT2D eigenvalue weighted by Gasteiger charge is 2.08. The van der Waals surface area contributed by atoms with Crippen LogP contribution in [0, 0.1) is 6.92 Å². The largest absolute Gasteiger partial charge is 0.492 e. The fraction of sp³-hybridized carbons (Fsp3) is 0.500. The fourth-order valence-electron chi connectivity index (χ4n) is 1.57. The van der Waals surface area contributed by atoms with Crippen LogP contribution < -0.4 is 10.5 Å². The number of nitrogens with two attached hydrogens (primary N) is 1. The Labute approximate surface area is 103 Å². The monoisotopic (exact) mass is 257 g/mol. The van der Waals surface area contributed by atoms with Crippen LogP contribution in [0.15, 0.2) is 18.2 Å². The molecule has 1 aromatic rings. The first-order chi connectivity index (χ1) is 7.94. The van der Waals surface area contributed by atoms with Gasteiger partial charge in [-0.05, 0) is 31.0 Å². The second kappa shape index (κ2) is 6.02. The van der Waals surface area contributed by atoms with E-state index in [0.29, 0.717) is 6.54 Å². The Bertz CT molecular complexity index is 469. The third kappa shape index (κ3) is 4.75. The Hall–Kier alpha value is -1.07. The lowest BCUT2D eigenvalue weighted by atomic mass is 10.1. The van der Waals surface area contributed by atoms with Crippen molar-refractivity contribution >= 4 is 9.84 Å². The van der Waals surface area contributed by atoms with Crippen LogP contribution in [0.4, 0.5) is 0 Å². The lowest BCUT2D eigenvalue weighted by Gasteiger charge is -2.13. The van der Waals surface area contributed by atoms with Gasteiger partial charge in [0.25, 0.3) is 0 Å². The first-order valence-corrected chi connectivity index (χ1v) is 7.59. The molecule has 0 amide bonds. The summed E-state index contributed by atoms with van der Waals surface area (Å²) in [5.41, 5.74) is 7.56. The number of ether oxygens (including phenoxy) is 1. The van der Waals surface area contributed by atoms with Gasteiger partial charge in [0.05, 0.1) is 5.75 Å². The molecular weight excluding hydrogens is 238 g/mol. The van der Waals surface area contributed by atoms with Crippen molar-refractivity contribution in [1.82, 2.24) is 0 Å². The number of sulfone groups is 1. The van der Waals surface area contributed by atoms with Gasteiger partial charge in [0.1, 0.15) is 12.4 Å². The third-order valence-corrected chi connectivity index (χ3v) is 3.32. The lowest BCUT2D eigenvalue weighted by Crippen LogP contribution is -2.14. The fourth-order valence-corrected chi connectivity index (χ4v) is 1.95. The van der Waals surface area contributed by atoms with Crippen molar-refractivity contribution in [1.29, 1.82) is 0 Å². The molecule has 2 N–H and O–H groups in total. The van der Waals surface area contributed by atoms with E-state index in [4.69, 9.17) is 10.5 Å². The first-order valence-electron chi connectivity index (χ1n) is 5.53. The second-order valence-electron chi connectivity index (χ2n) is 4.08. The molecule has 0 saturated heterocycles. The number of benzene rings is 1. The maximum atomic E-state index is 11.0. The van der Waals surface area contributed by atoms with Crippen molar-refractivity contribution in [2.45, 2.75) is 13.3 Å². The molecule has 5 heteroatoms. The van der Waals surface area contributed by atoms with Crippen molar-refractivity contribution in [2.75, 3.05) is 25.2 Å². The average Bonchev–Trinajstić information content (AvgIpc) is 2.21. The molecule has 17 heavy (non-hydrogen) atoms. The molecule has 1 rings (SSSR count). The third-order valence-electron chi connectivity index (χ3n) is 2.41. The van der Waals surface area contributed by atoms with Crippen molar-refractivity contribution in [3.8, 4) is 5.75 Å². The van der Waals surface area contributed by atoms with E-state index in [1.807, 2.05) is 25.1 Å². The average molecular weight is 257 g/mol. The van der Waals surface area contributed by atoms with Crippen molar-refractivity contribution in [3.63, 3.8) is 0 Å². The molecule has 0 aliphatic carbocycles. The van der Waals surface area contributed by atoms with Crippen molar-refractivity contribution in [3.05, 3.63) is 29.3 Å². The SMILES string of the molecule is Cc1cccc(CCN)c1OCCS(C)(=O)=O. The van der Waals surface area contributed by atoms with E-state index in [1.165, 1.54) is 6.26 Å². The quantitative estimate of drug-likeness (QED) is 0.822. The molecule has 4 nitrogen and oxygen atoms in total. The van der Waals surface area contributed by atoms with Crippen molar-refractivity contribution < 1.29 is 13.2 Å². The second-order valence-corrected chi connectivity index (χ2v) is 6.34. The van der Waals surface area contributed by atoms with Gasteiger partial charge in [0.2, 0.25) is 0 Å². The first kappa shape index (κ1) is 14.0. The lowest BCUT2D eigenvalue weighted by molar-refractivity contribution is 0.335. The Morgan fingerprint density at radius 2 is 2.06 bits per heavy atom. The normalized spacial score (nSPS) is 11.5. The molecule has 1 aromatic carbocycles. The van der Waals surface area contributed by atoms with E-state index < -0.39 is 9.84 Å². The van der Waals surface area contributed by atoms with E-state index in [-0.39, 0.29) is 12.4 Å². The van der Waals surface area contributed by atoms with Gasteiger partial charge in [0, 0.05) is 6.26 Å². The summed E-state index contributed by atoms with van der Waals surface area (Å²) in [6.07, 6.45) is 1.94. The summed E-state index contributed by atoms with van der Waals surface area (Å²) in [6, 6.07) is 5.84. The van der Waals surface area contributed by atoms with Crippen LogP contribution >= 0.6 is 0 Å². The van der Waals surface area contributed by atoms with Gasteiger partial charge in [0.15, 0.2) is 9.84 Å². The van der Waals surface area contributed by atoms with Crippen molar-refractivity contribution in [2.24, 2.45) is 5.73 Å². The maximum absolute atomic E-state index is 11.0. The highest BCUT2D eigenvalue weighted by molar-refractivity contribution is 7.90. The minimum atomic E-state index is -2.98.